The maximum atomic E-state index is 8.50. The lowest BCUT2D eigenvalue weighted by molar-refractivity contribution is 0.242. The molecule has 4 nitrogen and oxygen atoms in total. The third kappa shape index (κ3) is 5.10. The molecule has 0 saturated heterocycles. The molecular formula is C5H13N3O. The van der Waals surface area contributed by atoms with Gasteiger partial charge in [-0.1, -0.05) is 6.92 Å². The topological polar surface area (TPSA) is 84.6 Å². The van der Waals surface area contributed by atoms with Crippen molar-refractivity contribution in [2.24, 2.45) is 22.4 Å². The quantitative estimate of drug-likeness (QED) is 0.335. The Kier molecular flexibility index (Phi) is 3.79. The molecule has 0 aliphatic rings. The van der Waals surface area contributed by atoms with Gasteiger partial charge in [-0.2, -0.15) is 0 Å². The summed E-state index contributed by atoms with van der Waals surface area (Å²) < 4.78 is 0. The first-order valence-electron chi connectivity index (χ1n) is 2.83. The van der Waals surface area contributed by atoms with E-state index in [4.69, 9.17) is 16.6 Å². The number of hydrogen-bond donors (Lipinski definition) is 3. The van der Waals surface area contributed by atoms with E-state index in [0.29, 0.717) is 6.54 Å². The summed E-state index contributed by atoms with van der Waals surface area (Å²) in [7, 11) is 0. The molecule has 0 rings (SSSR count). The van der Waals surface area contributed by atoms with Crippen molar-refractivity contribution in [3.63, 3.8) is 0 Å². The first kappa shape index (κ1) is 8.23. The third-order valence-corrected chi connectivity index (χ3v) is 0.897. The molecule has 0 amide bonds. The van der Waals surface area contributed by atoms with Crippen molar-refractivity contribution in [2.45, 2.75) is 6.92 Å². The average molecular weight is 131 g/mol. The molecule has 0 aromatic heterocycles. The van der Waals surface area contributed by atoms with Crippen LogP contribution < -0.4 is 11.5 Å². The predicted molar refractivity (Wildman–Crippen MR) is 36.9 cm³/mol. The zero-order valence-corrected chi connectivity index (χ0v) is 5.54. The van der Waals surface area contributed by atoms with Gasteiger partial charge in [0.1, 0.15) is 0 Å². The first-order valence-corrected chi connectivity index (χ1v) is 2.83. The number of aliphatic hydroxyl groups is 1. The first-order chi connectivity index (χ1) is 4.16. The fourth-order valence-electron chi connectivity index (χ4n) is 0.319. The minimum atomic E-state index is 0.0790. The van der Waals surface area contributed by atoms with Gasteiger partial charge in [0, 0.05) is 13.2 Å². The number of nitrogens with two attached hydrogens (primary N) is 2. The summed E-state index contributed by atoms with van der Waals surface area (Å²) in [5.74, 6) is 0.224. The molecule has 0 aliphatic carbocycles. The lowest BCUT2D eigenvalue weighted by Crippen LogP contribution is -2.24. The second-order valence-corrected chi connectivity index (χ2v) is 2.05. The van der Waals surface area contributed by atoms with Crippen LogP contribution in [-0.2, 0) is 0 Å². The molecule has 54 valence electrons. The van der Waals surface area contributed by atoms with E-state index in [1.807, 2.05) is 6.92 Å². The van der Waals surface area contributed by atoms with Gasteiger partial charge in [0.25, 0.3) is 0 Å². The van der Waals surface area contributed by atoms with Crippen LogP contribution in [0.15, 0.2) is 4.99 Å². The normalized spacial score (nSPS) is 12.7. The number of aliphatic hydroxyl groups excluding tert-OH is 1. The maximum absolute atomic E-state index is 8.50. The van der Waals surface area contributed by atoms with Crippen molar-refractivity contribution < 1.29 is 5.11 Å². The predicted octanol–water partition coefficient (Wildman–Crippen LogP) is -1.11. The Bertz CT molecular complexity index is 98.4. The van der Waals surface area contributed by atoms with Crippen molar-refractivity contribution in [3.8, 4) is 0 Å². The smallest absolute Gasteiger partial charge is 0.185 e. The maximum Gasteiger partial charge on any atom is 0.185 e. The minimum absolute atomic E-state index is 0.0790. The molecule has 0 aromatic rings. The number of aliphatic imine (C=N–C) groups is 1. The van der Waals surface area contributed by atoms with Gasteiger partial charge in [0.15, 0.2) is 5.96 Å². The minimum Gasteiger partial charge on any atom is -0.396 e. The van der Waals surface area contributed by atoms with Gasteiger partial charge in [-0.25, -0.2) is 0 Å². The number of nitrogens with zero attached hydrogens (tertiary/aromatic N) is 1. The molecule has 0 spiro atoms. The van der Waals surface area contributed by atoms with Crippen molar-refractivity contribution in [1.29, 1.82) is 0 Å². The molecule has 9 heavy (non-hydrogen) atoms. The van der Waals surface area contributed by atoms with Crippen LogP contribution in [0.25, 0.3) is 0 Å². The van der Waals surface area contributed by atoms with E-state index in [0.717, 1.165) is 0 Å². The summed E-state index contributed by atoms with van der Waals surface area (Å²) in [5.41, 5.74) is 10.1. The summed E-state index contributed by atoms with van der Waals surface area (Å²) >= 11 is 0. The molecule has 4 heteroatoms. The van der Waals surface area contributed by atoms with Gasteiger partial charge >= 0.3 is 0 Å². The highest BCUT2D eigenvalue weighted by Gasteiger charge is 1.95. The summed E-state index contributed by atoms with van der Waals surface area (Å²) in [6.07, 6.45) is 0. The fourth-order valence-corrected chi connectivity index (χ4v) is 0.319. The van der Waals surface area contributed by atoms with Crippen LogP contribution in [0.3, 0.4) is 0 Å². The highest BCUT2D eigenvalue weighted by Crippen LogP contribution is 1.90. The average Bonchev–Trinajstić information content (AvgIpc) is 1.83. The van der Waals surface area contributed by atoms with Crippen LogP contribution in [0.2, 0.25) is 0 Å². The Morgan fingerprint density at radius 3 is 2.56 bits per heavy atom. The molecule has 0 saturated carbocycles. The van der Waals surface area contributed by atoms with E-state index in [-0.39, 0.29) is 18.5 Å². The van der Waals surface area contributed by atoms with Gasteiger partial charge in [0.2, 0.25) is 0 Å². The van der Waals surface area contributed by atoms with Gasteiger partial charge in [0.05, 0.1) is 0 Å². The lowest BCUT2D eigenvalue weighted by atomic mass is 10.2. The molecule has 1 unspecified atom stereocenters. The van der Waals surface area contributed by atoms with Gasteiger partial charge < -0.3 is 16.6 Å². The van der Waals surface area contributed by atoms with Gasteiger partial charge in [-0.05, 0) is 5.92 Å². The second-order valence-electron chi connectivity index (χ2n) is 2.05. The number of hydrogen-bond acceptors (Lipinski definition) is 2. The fraction of sp³-hybridized carbons (Fsp3) is 0.800. The van der Waals surface area contributed by atoms with Crippen molar-refractivity contribution >= 4 is 5.96 Å². The molecule has 0 bridgehead atoms. The van der Waals surface area contributed by atoms with E-state index >= 15 is 0 Å². The zero-order valence-electron chi connectivity index (χ0n) is 5.54. The molecule has 0 fully saturated rings. The van der Waals surface area contributed by atoms with Crippen LogP contribution in [0, 0.1) is 5.92 Å². The summed E-state index contributed by atoms with van der Waals surface area (Å²) in [6, 6.07) is 0. The Labute approximate surface area is 54.6 Å². The lowest BCUT2D eigenvalue weighted by Gasteiger charge is -2.01. The molecule has 5 N–H and O–H groups in total. The van der Waals surface area contributed by atoms with Crippen molar-refractivity contribution in [3.05, 3.63) is 0 Å². The molecule has 0 heterocycles. The molecule has 0 aromatic carbocycles. The van der Waals surface area contributed by atoms with E-state index in [1.54, 1.807) is 0 Å². The van der Waals surface area contributed by atoms with Gasteiger partial charge in [-0.3, -0.25) is 4.99 Å². The van der Waals surface area contributed by atoms with Crippen LogP contribution in [-0.4, -0.2) is 24.2 Å². The number of guanidine groups is 1. The third-order valence-electron chi connectivity index (χ3n) is 0.897. The number of rotatable bonds is 3. The molecule has 1 atom stereocenters. The van der Waals surface area contributed by atoms with Gasteiger partial charge in [-0.15, -0.1) is 0 Å². The van der Waals surface area contributed by atoms with Crippen LogP contribution in [0.5, 0.6) is 0 Å². The van der Waals surface area contributed by atoms with Crippen molar-refractivity contribution in [2.75, 3.05) is 13.2 Å². The monoisotopic (exact) mass is 131 g/mol. The second kappa shape index (κ2) is 4.14. The highest BCUT2D eigenvalue weighted by molar-refractivity contribution is 5.75. The van der Waals surface area contributed by atoms with E-state index in [2.05, 4.69) is 4.99 Å². The SMILES string of the molecule is CC(CO)CN=C(N)N. The van der Waals surface area contributed by atoms with E-state index in [1.165, 1.54) is 0 Å². The van der Waals surface area contributed by atoms with Crippen LogP contribution >= 0.6 is 0 Å². The Morgan fingerprint density at radius 2 is 2.22 bits per heavy atom. The Hall–Kier alpha value is -0.770. The highest BCUT2D eigenvalue weighted by atomic mass is 16.3. The summed E-state index contributed by atoms with van der Waals surface area (Å²) in [6.45, 7) is 2.49. The van der Waals surface area contributed by atoms with Crippen molar-refractivity contribution in [1.82, 2.24) is 0 Å². The standard InChI is InChI=1S/C5H13N3O/c1-4(3-9)2-8-5(6)7/h4,9H,2-3H2,1H3,(H4,6,7,8). The Balaban J connectivity index is 3.37. The zero-order chi connectivity index (χ0) is 7.28. The summed E-state index contributed by atoms with van der Waals surface area (Å²) in [4.78, 5) is 3.71. The molecule has 0 radical (unpaired) electrons. The van der Waals surface area contributed by atoms with E-state index in [9.17, 15) is 0 Å². The van der Waals surface area contributed by atoms with Crippen LogP contribution in [0.4, 0.5) is 0 Å². The Morgan fingerprint density at radius 1 is 1.67 bits per heavy atom. The van der Waals surface area contributed by atoms with Crippen LogP contribution in [0.1, 0.15) is 6.92 Å². The molecular weight excluding hydrogens is 118 g/mol. The summed E-state index contributed by atoms with van der Waals surface area (Å²) in [5, 5.41) is 8.50. The molecule has 0 aliphatic heterocycles. The van der Waals surface area contributed by atoms with E-state index < -0.39 is 0 Å². The largest absolute Gasteiger partial charge is 0.396 e.